The van der Waals surface area contributed by atoms with Crippen LogP contribution in [0.5, 0.6) is 0 Å². The van der Waals surface area contributed by atoms with Crippen molar-refractivity contribution in [2.45, 2.75) is 6.92 Å². The zero-order valence-corrected chi connectivity index (χ0v) is 5.86. The summed E-state index contributed by atoms with van der Waals surface area (Å²) in [6.07, 6.45) is 0. The van der Waals surface area contributed by atoms with Gasteiger partial charge in [-0.15, -0.1) is 0 Å². The van der Waals surface area contributed by atoms with Crippen molar-refractivity contribution in [3.05, 3.63) is 0 Å². The smallest absolute Gasteiger partial charge is 0.418 e. The maximum atomic E-state index is 9.75. The topological polar surface area (TPSA) is 63.3 Å². The van der Waals surface area contributed by atoms with E-state index in [2.05, 4.69) is 4.42 Å². The normalized spacial score (nSPS) is 9.55. The molecule has 4 N–H and O–H groups in total. The van der Waals surface area contributed by atoms with Crippen LogP contribution in [0.2, 0.25) is 0 Å². The molecule has 0 bridgehead atoms. The van der Waals surface area contributed by atoms with E-state index in [4.69, 9.17) is 11.5 Å². The van der Waals surface area contributed by atoms with Crippen molar-refractivity contribution in [2.24, 2.45) is 11.5 Å². The van der Waals surface area contributed by atoms with E-state index < -0.39 is 7.25 Å². The Morgan fingerprint density at radius 3 is 1.55 bits per heavy atom. The molecule has 0 aliphatic rings. The first-order valence-electron chi connectivity index (χ1n) is 2.65. The minimum Gasteiger partial charge on any atom is -0.418 e. The zero-order valence-electron chi connectivity index (χ0n) is 5.86. The second kappa shape index (κ2) is 5.81. The van der Waals surface area contributed by atoms with E-state index in [1.165, 1.54) is 0 Å². The minimum absolute atomic E-state index is 0.0394. The van der Waals surface area contributed by atoms with Gasteiger partial charge in [-0.25, -0.2) is 4.42 Å². The molecule has 0 radical (unpaired) electrons. The Morgan fingerprint density at radius 1 is 1.27 bits per heavy atom. The summed E-state index contributed by atoms with van der Waals surface area (Å²) in [5.41, 5.74) is 9.75. The van der Waals surface area contributed by atoms with Crippen LogP contribution in [-0.2, 0) is 0 Å². The zero-order chi connectivity index (χ0) is 9.49. The molecule has 0 unspecified atom stereocenters. The van der Waals surface area contributed by atoms with Gasteiger partial charge in [0.2, 0.25) is 0 Å². The largest absolute Gasteiger partial charge is 0.673 e. The van der Waals surface area contributed by atoms with Crippen LogP contribution in [-0.4, -0.2) is 19.9 Å². The van der Waals surface area contributed by atoms with Gasteiger partial charge in [0.1, 0.15) is 0 Å². The van der Waals surface area contributed by atoms with E-state index in [1.54, 1.807) is 0 Å². The highest BCUT2D eigenvalue weighted by atomic mass is 19.5. The van der Waals surface area contributed by atoms with Crippen LogP contribution in [0.25, 0.3) is 0 Å². The first kappa shape index (κ1) is 12.7. The number of rotatable bonds is 1. The highest BCUT2D eigenvalue weighted by Gasteiger charge is 2.20. The molecule has 0 aliphatic heterocycles. The van der Waals surface area contributed by atoms with E-state index in [9.17, 15) is 17.3 Å². The number of primary amides is 2. The summed E-state index contributed by atoms with van der Waals surface area (Å²) < 4.78 is 43.5. The number of hydrogen-bond acceptors (Lipinski definition) is 0. The second-order valence-corrected chi connectivity index (χ2v) is 1.33. The van der Waals surface area contributed by atoms with E-state index in [-0.39, 0.29) is 6.03 Å². The van der Waals surface area contributed by atoms with Crippen molar-refractivity contribution in [1.29, 1.82) is 0 Å². The highest BCUT2D eigenvalue weighted by molar-refractivity contribution is 6.50. The number of carbonyl (C=O) groups excluding carboxylic acids is 1. The number of nitrogens with two attached hydrogens (primary N) is 2. The molecule has 0 spiro atoms. The number of urea groups is 1. The Bertz CT molecular complexity index is 115. The predicted molar refractivity (Wildman–Crippen MR) is 34.5 cm³/mol. The average molecular weight is 176 g/mol. The molecule has 8 heteroatoms. The van der Waals surface area contributed by atoms with Gasteiger partial charge in [-0.1, -0.05) is 0 Å². The average Bonchev–Trinajstić information content (AvgIpc) is 1.58. The predicted octanol–water partition coefficient (Wildman–Crippen LogP) is 0.879. The number of amides is 2. The van der Waals surface area contributed by atoms with Gasteiger partial charge in [-0.2, -0.15) is 0 Å². The van der Waals surface area contributed by atoms with Crippen molar-refractivity contribution in [2.75, 3.05) is 6.61 Å². The first-order valence-corrected chi connectivity index (χ1v) is 2.65. The fourth-order valence-corrected chi connectivity index (χ4v) is 0.167. The lowest BCUT2D eigenvalue weighted by atomic mass is 10.3. The summed E-state index contributed by atoms with van der Waals surface area (Å²) in [6, 6.07) is 0.0394. The molecular formula is C3H9BF4N2O. The van der Waals surface area contributed by atoms with Crippen LogP contribution in [0, 0.1) is 0 Å². The highest BCUT2D eigenvalue weighted by Crippen LogP contribution is 2.06. The van der Waals surface area contributed by atoms with Crippen LogP contribution >= 0.6 is 0 Å². The third kappa shape index (κ3) is 107. The van der Waals surface area contributed by atoms with Crippen molar-refractivity contribution < 1.29 is 21.7 Å². The maximum Gasteiger partial charge on any atom is 0.673 e. The summed E-state index contributed by atoms with van der Waals surface area (Å²) in [6.45, 7) is 2.36. The van der Waals surface area contributed by atoms with Gasteiger partial charge in [0.05, 0.1) is 0 Å². The molecule has 0 saturated carbocycles. The van der Waals surface area contributed by atoms with Gasteiger partial charge in [0.15, 0.2) is 0 Å². The Hall–Kier alpha value is -0.945. The van der Waals surface area contributed by atoms with Gasteiger partial charge in [-0.05, 0) is 0 Å². The van der Waals surface area contributed by atoms with Crippen LogP contribution in [0.15, 0.2) is 0 Å². The Balaban J connectivity index is 0. The monoisotopic (exact) mass is 176 g/mol. The number of hydrogen-bond donors (Lipinski definition) is 2. The van der Waals surface area contributed by atoms with E-state index in [1.807, 2.05) is 6.92 Å². The molecule has 0 fully saturated rings. The SMILES string of the molecule is CC[O+]=C(N)N.F[B-](F)(F)F. The lowest BCUT2D eigenvalue weighted by Crippen LogP contribution is -2.21. The molecule has 0 aromatic heterocycles. The van der Waals surface area contributed by atoms with E-state index >= 15 is 0 Å². The molecule has 0 saturated heterocycles. The third-order valence-electron chi connectivity index (χ3n) is 0.311. The van der Waals surface area contributed by atoms with Crippen molar-refractivity contribution in [1.82, 2.24) is 0 Å². The fourth-order valence-electron chi connectivity index (χ4n) is 0.167. The summed E-state index contributed by atoms with van der Waals surface area (Å²) in [5, 5.41) is 0. The molecule has 0 atom stereocenters. The molecular weight excluding hydrogens is 167 g/mol. The van der Waals surface area contributed by atoms with Gasteiger partial charge in [-0.3, -0.25) is 0 Å². The molecule has 2 amide bonds. The van der Waals surface area contributed by atoms with Gasteiger partial charge < -0.3 is 28.7 Å². The standard InChI is InChI=1S/C3H9N2O.BF4/c1-2-6-3(4)5;2-1(3,4)5/h2,4-5H2,1H3;/q+1;-1. The Morgan fingerprint density at radius 2 is 1.55 bits per heavy atom. The van der Waals surface area contributed by atoms with Crippen LogP contribution in [0.1, 0.15) is 6.92 Å². The van der Waals surface area contributed by atoms with Crippen LogP contribution in [0.3, 0.4) is 0 Å². The molecule has 0 aliphatic carbocycles. The van der Waals surface area contributed by atoms with E-state index in [0.29, 0.717) is 6.61 Å². The Kier molecular flexibility index (Phi) is 6.71. The first-order chi connectivity index (χ1) is 4.77. The van der Waals surface area contributed by atoms with Crippen molar-refractivity contribution in [3.63, 3.8) is 0 Å². The van der Waals surface area contributed by atoms with Gasteiger partial charge in [0.25, 0.3) is 6.61 Å². The quantitative estimate of drug-likeness (QED) is 0.338. The molecule has 0 rings (SSSR count). The lowest BCUT2D eigenvalue weighted by Gasteiger charge is -1.94. The summed E-state index contributed by atoms with van der Waals surface area (Å²) in [7, 11) is -6.00. The van der Waals surface area contributed by atoms with E-state index in [0.717, 1.165) is 0 Å². The molecule has 0 aromatic rings. The van der Waals surface area contributed by atoms with Crippen molar-refractivity contribution >= 4 is 13.3 Å². The van der Waals surface area contributed by atoms with Gasteiger partial charge in [0, 0.05) is 6.92 Å². The molecule has 3 nitrogen and oxygen atoms in total. The molecule has 68 valence electrons. The summed E-state index contributed by atoms with van der Waals surface area (Å²) in [5.74, 6) is 0. The third-order valence-corrected chi connectivity index (χ3v) is 0.311. The number of halogens is 4. The lowest BCUT2D eigenvalue weighted by molar-refractivity contribution is -0.127. The van der Waals surface area contributed by atoms with Gasteiger partial charge >= 0.3 is 13.3 Å². The maximum absolute atomic E-state index is 9.75. The summed E-state index contributed by atoms with van der Waals surface area (Å²) >= 11 is 0. The molecule has 0 aromatic carbocycles. The van der Waals surface area contributed by atoms with Crippen LogP contribution < -0.4 is 11.5 Å². The molecule has 11 heavy (non-hydrogen) atoms. The van der Waals surface area contributed by atoms with Crippen LogP contribution in [0.4, 0.5) is 21.7 Å². The molecule has 0 heterocycles. The van der Waals surface area contributed by atoms with Crippen molar-refractivity contribution in [3.8, 4) is 0 Å². The minimum atomic E-state index is -6.00. The Labute approximate surface area is 61.2 Å². The second-order valence-electron chi connectivity index (χ2n) is 1.33. The fraction of sp³-hybridized carbons (Fsp3) is 0.667. The summed E-state index contributed by atoms with van der Waals surface area (Å²) in [4.78, 5) is 0.